The molecule has 16 heavy (non-hydrogen) atoms. The summed E-state index contributed by atoms with van der Waals surface area (Å²) in [5, 5.41) is 0. The smallest absolute Gasteiger partial charge is 0.207 e. The molecule has 80 valence electrons. The summed E-state index contributed by atoms with van der Waals surface area (Å²) in [5.74, 6) is 0.355. The number of nitrogens with one attached hydrogen (secondary N) is 1. The Morgan fingerprint density at radius 1 is 1.38 bits per heavy atom. The number of aromatic amines is 1. The summed E-state index contributed by atoms with van der Waals surface area (Å²) in [6, 6.07) is 3.95. The molecule has 2 heterocycles. The van der Waals surface area contributed by atoms with Gasteiger partial charge in [0.15, 0.2) is 5.82 Å². The van der Waals surface area contributed by atoms with Gasteiger partial charge in [0.25, 0.3) is 0 Å². The van der Waals surface area contributed by atoms with Crippen molar-refractivity contribution in [3.63, 3.8) is 0 Å². The van der Waals surface area contributed by atoms with Gasteiger partial charge in [0, 0.05) is 18.6 Å². The van der Waals surface area contributed by atoms with E-state index in [9.17, 15) is 4.79 Å². The third-order valence-corrected chi connectivity index (χ3v) is 3.01. The molecule has 1 aliphatic rings. The second-order valence-corrected chi connectivity index (χ2v) is 3.94. The maximum Gasteiger partial charge on any atom is 0.207 e. The van der Waals surface area contributed by atoms with Crippen LogP contribution >= 0.6 is 0 Å². The number of fused-ring (bicyclic) bond motifs is 1. The predicted molar refractivity (Wildman–Crippen MR) is 58.2 cm³/mol. The summed E-state index contributed by atoms with van der Waals surface area (Å²) in [7, 11) is 0. The average Bonchev–Trinajstić information content (AvgIpc) is 2.98. The van der Waals surface area contributed by atoms with Gasteiger partial charge >= 0.3 is 0 Å². The van der Waals surface area contributed by atoms with E-state index in [0.29, 0.717) is 5.82 Å². The van der Waals surface area contributed by atoms with Crippen LogP contribution in [0.25, 0.3) is 0 Å². The van der Waals surface area contributed by atoms with Crippen LogP contribution in [0.1, 0.15) is 34.2 Å². The normalized spacial score (nSPS) is 18.4. The van der Waals surface area contributed by atoms with Crippen LogP contribution in [0.5, 0.6) is 0 Å². The van der Waals surface area contributed by atoms with Crippen molar-refractivity contribution in [2.45, 2.75) is 18.8 Å². The first-order chi connectivity index (χ1) is 7.86. The van der Waals surface area contributed by atoms with Gasteiger partial charge in [0.1, 0.15) is 0 Å². The van der Waals surface area contributed by atoms with Crippen molar-refractivity contribution < 1.29 is 4.79 Å². The van der Waals surface area contributed by atoms with Crippen LogP contribution in [0.15, 0.2) is 30.7 Å². The van der Waals surface area contributed by atoms with Crippen LogP contribution in [0.3, 0.4) is 0 Å². The van der Waals surface area contributed by atoms with Crippen LogP contribution in [-0.4, -0.2) is 20.7 Å². The van der Waals surface area contributed by atoms with E-state index in [1.54, 1.807) is 18.6 Å². The molecule has 0 fully saturated rings. The standard InChI is InChI=1S/C12H11N3O/c16-11(12-14-6-7-15-12)9-4-3-8-2-1-5-13-10(8)9/h1-2,5-7,9H,3-4H2,(H,14,15). The molecule has 1 unspecified atom stereocenters. The van der Waals surface area contributed by atoms with Crippen molar-refractivity contribution in [3.8, 4) is 0 Å². The van der Waals surface area contributed by atoms with Crippen molar-refractivity contribution in [2.24, 2.45) is 0 Å². The number of aromatic nitrogens is 3. The SMILES string of the molecule is O=C(c1ncc[nH]1)C1CCc2cccnc21. The zero-order valence-corrected chi connectivity index (χ0v) is 8.68. The van der Waals surface area contributed by atoms with Gasteiger partial charge in [-0.05, 0) is 24.5 Å². The molecular formula is C12H11N3O. The Balaban J connectivity index is 1.96. The first-order valence-corrected chi connectivity index (χ1v) is 5.33. The summed E-state index contributed by atoms with van der Waals surface area (Å²) in [4.78, 5) is 23.3. The number of carbonyl (C=O) groups excluding carboxylic acids is 1. The number of nitrogens with zero attached hydrogens (tertiary/aromatic N) is 2. The number of Topliss-reactive ketones (excluding diaryl/α,β-unsaturated/α-hetero) is 1. The number of pyridine rings is 1. The molecule has 1 N–H and O–H groups in total. The minimum atomic E-state index is -0.123. The maximum atomic E-state index is 12.1. The molecule has 0 spiro atoms. The van der Waals surface area contributed by atoms with Gasteiger partial charge in [0.05, 0.1) is 11.6 Å². The van der Waals surface area contributed by atoms with E-state index >= 15 is 0 Å². The van der Waals surface area contributed by atoms with E-state index < -0.39 is 0 Å². The lowest BCUT2D eigenvalue weighted by Gasteiger charge is -2.06. The lowest BCUT2D eigenvalue weighted by atomic mass is 10.0. The van der Waals surface area contributed by atoms with Crippen molar-refractivity contribution in [3.05, 3.63) is 47.8 Å². The Bertz CT molecular complexity index is 519. The average molecular weight is 213 g/mol. The lowest BCUT2D eigenvalue weighted by molar-refractivity contribution is 0.0949. The fourth-order valence-corrected chi connectivity index (χ4v) is 2.23. The number of imidazole rings is 1. The van der Waals surface area contributed by atoms with Gasteiger partial charge in [-0.2, -0.15) is 0 Å². The minimum absolute atomic E-state index is 0.0439. The monoisotopic (exact) mass is 213 g/mol. The van der Waals surface area contributed by atoms with Crippen LogP contribution in [0.4, 0.5) is 0 Å². The third-order valence-electron chi connectivity index (χ3n) is 3.01. The molecule has 4 heteroatoms. The van der Waals surface area contributed by atoms with E-state index in [2.05, 4.69) is 15.0 Å². The quantitative estimate of drug-likeness (QED) is 0.773. The van der Waals surface area contributed by atoms with Crippen LogP contribution in [0.2, 0.25) is 0 Å². The minimum Gasteiger partial charge on any atom is -0.342 e. The summed E-state index contributed by atoms with van der Waals surface area (Å²) in [6.45, 7) is 0. The number of ketones is 1. The van der Waals surface area contributed by atoms with E-state index in [-0.39, 0.29) is 11.7 Å². The molecule has 0 aromatic carbocycles. The molecular weight excluding hydrogens is 202 g/mol. The van der Waals surface area contributed by atoms with E-state index in [1.165, 1.54) is 5.56 Å². The molecule has 0 saturated heterocycles. The third kappa shape index (κ3) is 1.34. The fourth-order valence-electron chi connectivity index (χ4n) is 2.23. The highest BCUT2D eigenvalue weighted by atomic mass is 16.1. The summed E-state index contributed by atoms with van der Waals surface area (Å²) < 4.78 is 0. The lowest BCUT2D eigenvalue weighted by Crippen LogP contribution is -2.12. The molecule has 0 saturated carbocycles. The zero-order valence-electron chi connectivity index (χ0n) is 8.68. The molecule has 0 radical (unpaired) electrons. The van der Waals surface area contributed by atoms with Gasteiger partial charge in [0.2, 0.25) is 5.78 Å². The highest BCUT2D eigenvalue weighted by molar-refractivity contribution is 5.98. The number of hydrogen-bond acceptors (Lipinski definition) is 3. The fraction of sp³-hybridized carbons (Fsp3) is 0.250. The van der Waals surface area contributed by atoms with E-state index in [4.69, 9.17) is 0 Å². The van der Waals surface area contributed by atoms with Crippen LogP contribution in [-0.2, 0) is 6.42 Å². The Hall–Kier alpha value is -1.97. The maximum absolute atomic E-state index is 12.1. The van der Waals surface area contributed by atoms with Gasteiger partial charge < -0.3 is 4.98 Å². The number of hydrogen-bond donors (Lipinski definition) is 1. The second-order valence-electron chi connectivity index (χ2n) is 3.94. The van der Waals surface area contributed by atoms with E-state index in [0.717, 1.165) is 18.5 Å². The van der Waals surface area contributed by atoms with Crippen LogP contribution < -0.4 is 0 Å². The van der Waals surface area contributed by atoms with Crippen molar-refractivity contribution in [2.75, 3.05) is 0 Å². The number of H-pyrrole nitrogens is 1. The number of carbonyl (C=O) groups is 1. The molecule has 0 aliphatic heterocycles. The highest BCUT2D eigenvalue weighted by Gasteiger charge is 2.31. The van der Waals surface area contributed by atoms with Gasteiger partial charge in [-0.15, -0.1) is 0 Å². The summed E-state index contributed by atoms with van der Waals surface area (Å²) >= 11 is 0. The van der Waals surface area contributed by atoms with Gasteiger partial charge in [-0.25, -0.2) is 4.98 Å². The zero-order chi connectivity index (χ0) is 11.0. The summed E-state index contributed by atoms with van der Waals surface area (Å²) in [5.41, 5.74) is 2.11. The van der Waals surface area contributed by atoms with Gasteiger partial charge in [-0.3, -0.25) is 9.78 Å². The molecule has 0 bridgehead atoms. The number of rotatable bonds is 2. The molecule has 2 aromatic rings. The molecule has 1 aliphatic carbocycles. The molecule has 2 aromatic heterocycles. The topological polar surface area (TPSA) is 58.6 Å². The largest absolute Gasteiger partial charge is 0.342 e. The highest BCUT2D eigenvalue weighted by Crippen LogP contribution is 2.32. The first kappa shape index (κ1) is 9.27. The molecule has 0 amide bonds. The van der Waals surface area contributed by atoms with Crippen molar-refractivity contribution in [1.29, 1.82) is 0 Å². The Labute approximate surface area is 92.8 Å². The molecule has 4 nitrogen and oxygen atoms in total. The van der Waals surface area contributed by atoms with Crippen molar-refractivity contribution >= 4 is 5.78 Å². The second kappa shape index (κ2) is 3.56. The Morgan fingerprint density at radius 2 is 2.31 bits per heavy atom. The first-order valence-electron chi connectivity index (χ1n) is 5.33. The Kier molecular flexibility index (Phi) is 2.06. The van der Waals surface area contributed by atoms with Crippen molar-refractivity contribution in [1.82, 2.24) is 15.0 Å². The summed E-state index contributed by atoms with van der Waals surface area (Å²) in [6.07, 6.45) is 6.78. The molecule has 3 rings (SSSR count). The van der Waals surface area contributed by atoms with E-state index in [1.807, 2.05) is 12.1 Å². The number of aryl methyl sites for hydroxylation is 1. The Morgan fingerprint density at radius 3 is 3.12 bits per heavy atom. The van der Waals surface area contributed by atoms with Gasteiger partial charge in [-0.1, -0.05) is 6.07 Å². The molecule has 1 atom stereocenters. The predicted octanol–water partition coefficient (Wildman–Crippen LogP) is 1.72. The van der Waals surface area contributed by atoms with Crippen LogP contribution in [0, 0.1) is 0 Å².